The summed E-state index contributed by atoms with van der Waals surface area (Å²) in [6, 6.07) is 4.28. The second kappa shape index (κ2) is 6.57. The van der Waals surface area contributed by atoms with E-state index in [0.717, 1.165) is 13.1 Å². The molecule has 1 amide bonds. The number of hydrogen-bond donors (Lipinski definition) is 0. The molecule has 2 fully saturated rings. The molecule has 0 spiro atoms. The summed E-state index contributed by atoms with van der Waals surface area (Å²) in [4.78, 5) is 21.3. The van der Waals surface area contributed by atoms with E-state index >= 15 is 0 Å². The van der Waals surface area contributed by atoms with Gasteiger partial charge >= 0.3 is 0 Å². The molecule has 2 aliphatic heterocycles. The Kier molecular flexibility index (Phi) is 4.27. The van der Waals surface area contributed by atoms with E-state index in [1.807, 2.05) is 29.4 Å². The molecule has 0 aromatic carbocycles. The number of aromatic nitrogens is 2. The van der Waals surface area contributed by atoms with E-state index in [-0.39, 0.29) is 18.1 Å². The minimum Gasteiger partial charge on any atom is -0.373 e. The molecule has 25 heavy (non-hydrogen) atoms. The summed E-state index contributed by atoms with van der Waals surface area (Å²) in [7, 11) is 0. The normalized spacial score (nSPS) is 23.7. The average molecular weight is 342 g/mol. The highest BCUT2D eigenvalue weighted by Crippen LogP contribution is 2.27. The first kappa shape index (κ1) is 16.2. The molecule has 132 valence electrons. The lowest BCUT2D eigenvalue weighted by molar-refractivity contribution is -0.0503. The Morgan fingerprint density at radius 3 is 2.80 bits per heavy atom. The lowest BCUT2D eigenvalue weighted by atomic mass is 10.1. The van der Waals surface area contributed by atoms with E-state index in [4.69, 9.17) is 9.26 Å². The molecule has 0 N–H and O–H groups in total. The van der Waals surface area contributed by atoms with Gasteiger partial charge in [-0.2, -0.15) is 0 Å². The molecular weight excluding hydrogens is 320 g/mol. The number of morpholine rings is 1. The SMILES string of the molecule is Cc1noc(C)c1C(=O)N1C[C@@H]2[C@@H](C1)OCCN2Cc1ccncc1. The molecule has 0 saturated carbocycles. The first-order chi connectivity index (χ1) is 12.1. The Morgan fingerprint density at radius 1 is 1.28 bits per heavy atom. The standard InChI is InChI=1S/C18H22N4O3/c1-12-17(13(2)25-20-12)18(23)22-10-15-16(11-22)24-8-7-21(15)9-14-3-5-19-6-4-14/h3-6,15-16H,7-11H2,1-2H3/t15-,16-/m1/s1. The zero-order valence-corrected chi connectivity index (χ0v) is 14.5. The minimum absolute atomic E-state index is 0.0156. The van der Waals surface area contributed by atoms with Crippen molar-refractivity contribution in [1.29, 1.82) is 0 Å². The Morgan fingerprint density at radius 2 is 2.08 bits per heavy atom. The van der Waals surface area contributed by atoms with Crippen molar-refractivity contribution < 1.29 is 14.1 Å². The molecule has 2 saturated heterocycles. The highest BCUT2D eigenvalue weighted by atomic mass is 16.5. The third-order valence-corrected chi connectivity index (χ3v) is 5.09. The number of aryl methyl sites for hydroxylation is 2. The van der Waals surface area contributed by atoms with Crippen LogP contribution in [0.25, 0.3) is 0 Å². The van der Waals surface area contributed by atoms with Crippen LogP contribution >= 0.6 is 0 Å². The summed E-state index contributed by atoms with van der Waals surface area (Å²) in [6.07, 6.45) is 3.68. The maximum atomic E-state index is 12.9. The minimum atomic E-state index is -0.0156. The number of rotatable bonds is 3. The van der Waals surface area contributed by atoms with Gasteiger partial charge in [-0.25, -0.2) is 0 Å². The van der Waals surface area contributed by atoms with Crippen LogP contribution in [0.2, 0.25) is 0 Å². The number of ether oxygens (including phenoxy) is 1. The average Bonchev–Trinajstić information content (AvgIpc) is 3.20. The molecule has 4 heterocycles. The van der Waals surface area contributed by atoms with Crippen molar-refractivity contribution in [2.24, 2.45) is 0 Å². The predicted octanol–water partition coefficient (Wildman–Crippen LogP) is 1.41. The molecule has 7 heteroatoms. The molecule has 2 aromatic heterocycles. The van der Waals surface area contributed by atoms with Gasteiger partial charge in [0.1, 0.15) is 11.3 Å². The van der Waals surface area contributed by atoms with Crippen LogP contribution in [-0.4, -0.2) is 64.2 Å². The fraction of sp³-hybridized carbons (Fsp3) is 0.500. The van der Waals surface area contributed by atoms with Crippen LogP contribution in [0.3, 0.4) is 0 Å². The Balaban J connectivity index is 1.50. The van der Waals surface area contributed by atoms with Crippen molar-refractivity contribution in [1.82, 2.24) is 19.9 Å². The van der Waals surface area contributed by atoms with Crippen molar-refractivity contribution in [3.05, 3.63) is 47.1 Å². The second-order valence-corrected chi connectivity index (χ2v) is 6.71. The molecule has 0 aliphatic carbocycles. The van der Waals surface area contributed by atoms with Crippen LogP contribution < -0.4 is 0 Å². The van der Waals surface area contributed by atoms with Gasteiger partial charge in [-0.3, -0.25) is 14.7 Å². The molecule has 4 rings (SSSR count). The number of carbonyl (C=O) groups is 1. The van der Waals surface area contributed by atoms with Gasteiger partial charge in [-0.05, 0) is 31.5 Å². The van der Waals surface area contributed by atoms with E-state index < -0.39 is 0 Å². The van der Waals surface area contributed by atoms with Crippen molar-refractivity contribution in [3.63, 3.8) is 0 Å². The number of carbonyl (C=O) groups excluding carboxylic acids is 1. The maximum absolute atomic E-state index is 12.9. The van der Waals surface area contributed by atoms with Crippen LogP contribution in [0.1, 0.15) is 27.4 Å². The van der Waals surface area contributed by atoms with E-state index in [1.54, 1.807) is 13.8 Å². The number of nitrogens with zero attached hydrogens (tertiary/aromatic N) is 4. The number of hydrogen-bond acceptors (Lipinski definition) is 6. The van der Waals surface area contributed by atoms with Crippen LogP contribution in [-0.2, 0) is 11.3 Å². The van der Waals surface area contributed by atoms with Gasteiger partial charge in [0.15, 0.2) is 0 Å². The topological polar surface area (TPSA) is 71.7 Å². The van der Waals surface area contributed by atoms with E-state index in [1.165, 1.54) is 5.56 Å². The van der Waals surface area contributed by atoms with Gasteiger partial charge in [0.2, 0.25) is 0 Å². The first-order valence-electron chi connectivity index (χ1n) is 8.60. The number of fused-ring (bicyclic) bond motifs is 1. The summed E-state index contributed by atoms with van der Waals surface area (Å²) in [5, 5.41) is 3.90. The lowest BCUT2D eigenvalue weighted by Gasteiger charge is -2.36. The van der Waals surface area contributed by atoms with Crippen LogP contribution in [0.4, 0.5) is 0 Å². The van der Waals surface area contributed by atoms with E-state index in [0.29, 0.717) is 36.7 Å². The van der Waals surface area contributed by atoms with Gasteiger partial charge in [-0.15, -0.1) is 0 Å². The van der Waals surface area contributed by atoms with Gasteiger partial charge in [0, 0.05) is 38.6 Å². The quantitative estimate of drug-likeness (QED) is 0.840. The maximum Gasteiger partial charge on any atom is 0.259 e. The van der Waals surface area contributed by atoms with Gasteiger partial charge < -0.3 is 14.2 Å². The Labute approximate surface area is 146 Å². The zero-order chi connectivity index (χ0) is 17.4. The van der Waals surface area contributed by atoms with Crippen LogP contribution in [0, 0.1) is 13.8 Å². The smallest absolute Gasteiger partial charge is 0.259 e. The summed E-state index contributed by atoms with van der Waals surface area (Å²) in [6.45, 7) is 7.28. The van der Waals surface area contributed by atoms with Crippen molar-refractivity contribution >= 4 is 5.91 Å². The van der Waals surface area contributed by atoms with E-state index in [9.17, 15) is 4.79 Å². The zero-order valence-electron chi connectivity index (χ0n) is 14.5. The third-order valence-electron chi connectivity index (χ3n) is 5.09. The van der Waals surface area contributed by atoms with Crippen LogP contribution in [0.5, 0.6) is 0 Å². The molecule has 0 bridgehead atoms. The Hall–Kier alpha value is -2.25. The van der Waals surface area contributed by atoms with Crippen molar-refractivity contribution in [2.45, 2.75) is 32.5 Å². The molecule has 7 nitrogen and oxygen atoms in total. The number of likely N-dealkylation sites (tertiary alicyclic amines) is 1. The monoisotopic (exact) mass is 342 g/mol. The van der Waals surface area contributed by atoms with Gasteiger partial charge in [-0.1, -0.05) is 5.16 Å². The van der Waals surface area contributed by atoms with Crippen LogP contribution in [0.15, 0.2) is 29.0 Å². The summed E-state index contributed by atoms with van der Waals surface area (Å²) in [5.41, 5.74) is 2.46. The number of amides is 1. The van der Waals surface area contributed by atoms with Gasteiger partial charge in [0.25, 0.3) is 5.91 Å². The summed E-state index contributed by atoms with van der Waals surface area (Å²) < 4.78 is 11.1. The first-order valence-corrected chi connectivity index (χ1v) is 8.60. The van der Waals surface area contributed by atoms with Crippen molar-refractivity contribution in [3.8, 4) is 0 Å². The summed E-state index contributed by atoms with van der Waals surface area (Å²) in [5.74, 6) is 0.560. The molecule has 2 aliphatic rings. The second-order valence-electron chi connectivity index (χ2n) is 6.71. The van der Waals surface area contributed by atoms with Crippen molar-refractivity contribution in [2.75, 3.05) is 26.2 Å². The molecule has 0 unspecified atom stereocenters. The Bertz CT molecular complexity index is 741. The highest BCUT2D eigenvalue weighted by Gasteiger charge is 2.42. The number of pyridine rings is 1. The molecular formula is C18H22N4O3. The van der Waals surface area contributed by atoms with Gasteiger partial charge in [0.05, 0.1) is 24.4 Å². The third kappa shape index (κ3) is 3.05. The summed E-state index contributed by atoms with van der Waals surface area (Å²) >= 11 is 0. The fourth-order valence-corrected chi connectivity index (χ4v) is 3.79. The molecule has 2 aromatic rings. The largest absolute Gasteiger partial charge is 0.373 e. The lowest BCUT2D eigenvalue weighted by Crippen LogP contribution is -2.50. The highest BCUT2D eigenvalue weighted by molar-refractivity contribution is 5.96. The molecule has 2 atom stereocenters. The molecule has 0 radical (unpaired) electrons. The van der Waals surface area contributed by atoms with E-state index in [2.05, 4.69) is 15.0 Å². The fourth-order valence-electron chi connectivity index (χ4n) is 3.79. The predicted molar refractivity (Wildman–Crippen MR) is 90.1 cm³/mol.